The zero-order valence-corrected chi connectivity index (χ0v) is 12.6. The molecule has 1 saturated heterocycles. The average molecular weight is 280 g/mol. The number of hydrogen-bond acceptors (Lipinski definition) is 4. The van der Waals surface area contributed by atoms with Crippen molar-refractivity contribution >= 4 is 5.91 Å². The summed E-state index contributed by atoms with van der Waals surface area (Å²) in [6.45, 7) is 10.4. The van der Waals surface area contributed by atoms with E-state index in [-0.39, 0.29) is 12.5 Å². The van der Waals surface area contributed by atoms with E-state index in [0.717, 1.165) is 37.7 Å². The van der Waals surface area contributed by atoms with Gasteiger partial charge in [0.25, 0.3) is 0 Å². The monoisotopic (exact) mass is 280 g/mol. The number of aryl methyl sites for hydroxylation is 2. The molecule has 1 aromatic heterocycles. The summed E-state index contributed by atoms with van der Waals surface area (Å²) in [5.74, 6) is 0.0105. The van der Waals surface area contributed by atoms with Crippen LogP contribution in [0.15, 0.2) is 6.07 Å². The van der Waals surface area contributed by atoms with Crippen LogP contribution in [0, 0.1) is 13.8 Å². The van der Waals surface area contributed by atoms with Gasteiger partial charge in [-0.05, 0) is 26.8 Å². The lowest BCUT2D eigenvalue weighted by atomic mass is 10.2. The van der Waals surface area contributed by atoms with Crippen LogP contribution in [-0.2, 0) is 16.1 Å². The maximum atomic E-state index is 11.9. The molecule has 1 fully saturated rings. The van der Waals surface area contributed by atoms with E-state index in [1.807, 2.05) is 19.9 Å². The highest BCUT2D eigenvalue weighted by atomic mass is 16.5. The maximum Gasteiger partial charge on any atom is 0.241 e. The van der Waals surface area contributed by atoms with Gasteiger partial charge in [-0.1, -0.05) is 0 Å². The second kappa shape index (κ2) is 6.85. The lowest BCUT2D eigenvalue weighted by Crippen LogP contribution is -2.47. The fourth-order valence-electron chi connectivity index (χ4n) is 2.44. The highest BCUT2D eigenvalue weighted by molar-refractivity contribution is 5.75. The minimum Gasteiger partial charge on any atom is -0.379 e. The molecule has 1 atom stereocenters. The Kier molecular flexibility index (Phi) is 5.14. The first-order chi connectivity index (χ1) is 9.56. The van der Waals surface area contributed by atoms with Crippen molar-refractivity contribution in [3.8, 4) is 0 Å². The van der Waals surface area contributed by atoms with Crippen molar-refractivity contribution in [1.29, 1.82) is 0 Å². The van der Waals surface area contributed by atoms with Crippen LogP contribution in [0.5, 0.6) is 0 Å². The molecule has 6 nitrogen and oxygen atoms in total. The summed E-state index contributed by atoms with van der Waals surface area (Å²) < 4.78 is 7.07. The van der Waals surface area contributed by atoms with E-state index in [1.54, 1.807) is 4.68 Å². The van der Waals surface area contributed by atoms with Crippen LogP contribution in [0.1, 0.15) is 18.3 Å². The largest absolute Gasteiger partial charge is 0.379 e. The van der Waals surface area contributed by atoms with Crippen molar-refractivity contribution in [2.24, 2.45) is 0 Å². The molecule has 112 valence electrons. The molecule has 0 aromatic carbocycles. The van der Waals surface area contributed by atoms with Gasteiger partial charge in [0.2, 0.25) is 5.91 Å². The van der Waals surface area contributed by atoms with Crippen LogP contribution in [0.3, 0.4) is 0 Å². The minimum absolute atomic E-state index is 0.0105. The molecular weight excluding hydrogens is 256 g/mol. The van der Waals surface area contributed by atoms with Crippen LogP contribution in [-0.4, -0.2) is 59.5 Å². The van der Waals surface area contributed by atoms with E-state index in [1.165, 1.54) is 0 Å². The first-order valence-corrected chi connectivity index (χ1v) is 7.16. The molecule has 6 heteroatoms. The Hall–Kier alpha value is -1.40. The molecule has 0 spiro atoms. The number of carbonyl (C=O) groups excluding carboxylic acids is 1. The van der Waals surface area contributed by atoms with Gasteiger partial charge in [-0.3, -0.25) is 14.4 Å². The summed E-state index contributed by atoms with van der Waals surface area (Å²) in [5, 5.41) is 7.28. The van der Waals surface area contributed by atoms with E-state index in [9.17, 15) is 4.79 Å². The molecule has 20 heavy (non-hydrogen) atoms. The second-order valence-corrected chi connectivity index (χ2v) is 5.39. The van der Waals surface area contributed by atoms with E-state index >= 15 is 0 Å². The number of morpholine rings is 1. The Morgan fingerprint density at radius 2 is 2.15 bits per heavy atom. The standard InChI is InChI=1S/C14H24N4O2/c1-11-8-12(2)18(16-11)10-14(19)15-9-13(3)17-4-6-20-7-5-17/h8,13H,4-7,9-10H2,1-3H3,(H,15,19)/t13-/m1/s1. The van der Waals surface area contributed by atoms with Gasteiger partial charge in [-0.25, -0.2) is 0 Å². The molecule has 1 aliphatic heterocycles. The molecule has 1 aromatic rings. The van der Waals surface area contributed by atoms with Gasteiger partial charge in [0.15, 0.2) is 0 Å². The number of aromatic nitrogens is 2. The first-order valence-electron chi connectivity index (χ1n) is 7.16. The summed E-state index contributed by atoms with van der Waals surface area (Å²) in [5.41, 5.74) is 1.95. The van der Waals surface area contributed by atoms with Crippen LogP contribution >= 0.6 is 0 Å². The Labute approximate surface area is 120 Å². The number of rotatable bonds is 5. The smallest absolute Gasteiger partial charge is 0.241 e. The van der Waals surface area contributed by atoms with Crippen molar-refractivity contribution < 1.29 is 9.53 Å². The number of nitrogens with zero attached hydrogens (tertiary/aromatic N) is 3. The zero-order valence-electron chi connectivity index (χ0n) is 12.6. The number of hydrogen-bond donors (Lipinski definition) is 1. The van der Waals surface area contributed by atoms with Crippen molar-refractivity contribution in [3.63, 3.8) is 0 Å². The molecule has 2 rings (SSSR count). The summed E-state index contributed by atoms with van der Waals surface area (Å²) in [7, 11) is 0. The highest BCUT2D eigenvalue weighted by Crippen LogP contribution is 2.03. The predicted octanol–water partition coefficient (Wildman–Crippen LogP) is 0.337. The third kappa shape index (κ3) is 4.05. The van der Waals surface area contributed by atoms with Gasteiger partial charge in [0, 0.05) is 31.4 Å². The third-order valence-corrected chi connectivity index (χ3v) is 3.66. The quantitative estimate of drug-likeness (QED) is 0.845. The molecule has 1 N–H and O–H groups in total. The van der Waals surface area contributed by atoms with Gasteiger partial charge in [-0.15, -0.1) is 0 Å². The number of ether oxygens (including phenoxy) is 1. The molecule has 0 saturated carbocycles. The molecule has 1 amide bonds. The molecular formula is C14H24N4O2. The maximum absolute atomic E-state index is 11.9. The highest BCUT2D eigenvalue weighted by Gasteiger charge is 2.17. The van der Waals surface area contributed by atoms with E-state index in [2.05, 4.69) is 22.2 Å². The predicted molar refractivity (Wildman–Crippen MR) is 76.6 cm³/mol. The van der Waals surface area contributed by atoms with Crippen molar-refractivity contribution in [2.75, 3.05) is 32.8 Å². The number of amides is 1. The molecule has 0 radical (unpaired) electrons. The van der Waals surface area contributed by atoms with E-state index in [4.69, 9.17) is 4.74 Å². The Morgan fingerprint density at radius 1 is 1.45 bits per heavy atom. The van der Waals surface area contributed by atoms with E-state index in [0.29, 0.717) is 12.6 Å². The molecule has 0 bridgehead atoms. The Bertz CT molecular complexity index is 452. The number of nitrogens with one attached hydrogen (secondary N) is 1. The second-order valence-electron chi connectivity index (χ2n) is 5.39. The fraction of sp³-hybridized carbons (Fsp3) is 0.714. The average Bonchev–Trinajstić information content (AvgIpc) is 2.75. The van der Waals surface area contributed by atoms with Gasteiger partial charge < -0.3 is 10.1 Å². The van der Waals surface area contributed by atoms with Gasteiger partial charge in [0.05, 0.1) is 18.9 Å². The molecule has 2 heterocycles. The summed E-state index contributed by atoms with van der Waals surface area (Å²) >= 11 is 0. The zero-order chi connectivity index (χ0) is 14.5. The van der Waals surface area contributed by atoms with E-state index < -0.39 is 0 Å². The summed E-state index contributed by atoms with van der Waals surface area (Å²) in [6.07, 6.45) is 0. The van der Waals surface area contributed by atoms with Crippen molar-refractivity contribution in [2.45, 2.75) is 33.4 Å². The van der Waals surface area contributed by atoms with Crippen LogP contribution in [0.25, 0.3) is 0 Å². The normalized spacial score (nSPS) is 17.9. The summed E-state index contributed by atoms with van der Waals surface area (Å²) in [4.78, 5) is 14.3. The van der Waals surface area contributed by atoms with Gasteiger partial charge in [0.1, 0.15) is 6.54 Å². The van der Waals surface area contributed by atoms with Gasteiger partial charge in [-0.2, -0.15) is 5.10 Å². The van der Waals surface area contributed by atoms with Crippen molar-refractivity contribution in [3.05, 3.63) is 17.5 Å². The minimum atomic E-state index is 0.0105. The molecule has 0 unspecified atom stereocenters. The fourth-order valence-corrected chi connectivity index (χ4v) is 2.44. The third-order valence-electron chi connectivity index (χ3n) is 3.66. The van der Waals surface area contributed by atoms with Gasteiger partial charge >= 0.3 is 0 Å². The Morgan fingerprint density at radius 3 is 2.75 bits per heavy atom. The lowest BCUT2D eigenvalue weighted by molar-refractivity contribution is -0.122. The van der Waals surface area contributed by atoms with Crippen molar-refractivity contribution in [1.82, 2.24) is 20.0 Å². The first kappa shape index (κ1) is 15.0. The topological polar surface area (TPSA) is 59.4 Å². The lowest BCUT2D eigenvalue weighted by Gasteiger charge is -2.32. The SMILES string of the molecule is Cc1cc(C)n(CC(=O)NC[C@@H](C)N2CCOCC2)n1. The molecule has 1 aliphatic rings. The summed E-state index contributed by atoms with van der Waals surface area (Å²) in [6, 6.07) is 2.31. The Balaban J connectivity index is 1.75. The number of carbonyl (C=O) groups is 1. The van der Waals surface area contributed by atoms with Crippen LogP contribution < -0.4 is 5.32 Å². The molecule has 0 aliphatic carbocycles. The van der Waals surface area contributed by atoms with Crippen LogP contribution in [0.4, 0.5) is 0 Å². The van der Waals surface area contributed by atoms with Crippen LogP contribution in [0.2, 0.25) is 0 Å².